The Morgan fingerprint density at radius 2 is 1.79 bits per heavy atom. The molecule has 28 heavy (non-hydrogen) atoms. The van der Waals surface area contributed by atoms with E-state index in [0.29, 0.717) is 6.54 Å². The monoisotopic (exact) mass is 407 g/mol. The van der Waals surface area contributed by atoms with Crippen molar-refractivity contribution in [2.75, 3.05) is 13.7 Å². The summed E-state index contributed by atoms with van der Waals surface area (Å²) in [5.41, 5.74) is 0.895. The third-order valence-corrected chi connectivity index (χ3v) is 10.4. The zero-order chi connectivity index (χ0) is 21.1. The molecule has 0 N–H and O–H groups in total. The van der Waals surface area contributed by atoms with E-state index < -0.39 is 26.4 Å². The van der Waals surface area contributed by atoms with Gasteiger partial charge in [-0.25, -0.2) is 9.59 Å². The van der Waals surface area contributed by atoms with Crippen molar-refractivity contribution < 1.29 is 23.5 Å². The van der Waals surface area contributed by atoms with Gasteiger partial charge in [-0.3, -0.25) is 4.90 Å². The van der Waals surface area contributed by atoms with Gasteiger partial charge in [0.25, 0.3) is 0 Å². The van der Waals surface area contributed by atoms with Gasteiger partial charge in [-0.2, -0.15) is 0 Å². The number of esters is 1. The molecule has 0 spiro atoms. The lowest BCUT2D eigenvalue weighted by atomic mass is 10.0. The Morgan fingerprint density at radius 3 is 2.32 bits per heavy atom. The van der Waals surface area contributed by atoms with Crippen LogP contribution in [0.15, 0.2) is 30.3 Å². The number of hydrogen-bond acceptors (Lipinski definition) is 5. The fraction of sp³-hybridized carbons (Fsp3) is 0.619. The van der Waals surface area contributed by atoms with Crippen LogP contribution in [0.2, 0.25) is 18.1 Å². The number of amides is 1. The Kier molecular flexibility index (Phi) is 6.93. The smallest absolute Gasteiger partial charge is 0.410 e. The van der Waals surface area contributed by atoms with Crippen molar-refractivity contribution in [1.29, 1.82) is 0 Å². The van der Waals surface area contributed by atoms with Crippen molar-refractivity contribution in [3.05, 3.63) is 35.9 Å². The Morgan fingerprint density at radius 1 is 1.18 bits per heavy atom. The topological polar surface area (TPSA) is 65.1 Å². The molecule has 156 valence electrons. The number of hydrogen-bond donors (Lipinski definition) is 0. The molecule has 1 heterocycles. The standard InChI is InChI=1S/C21H33NO5Si/c1-15-17(27-28(6,7)21(2,3)4)13-22(18(15)19(23)25-5)20(24)26-14-16-11-9-8-10-12-16/h8-12,15,17-18H,13-14H2,1-7H3/t15-,17-,18-/m0/s1. The lowest BCUT2D eigenvalue weighted by Crippen LogP contribution is -2.46. The fourth-order valence-electron chi connectivity index (χ4n) is 3.11. The van der Waals surface area contributed by atoms with E-state index in [4.69, 9.17) is 13.9 Å². The number of likely N-dealkylation sites (tertiary alicyclic amines) is 1. The van der Waals surface area contributed by atoms with Crippen molar-refractivity contribution in [2.45, 2.75) is 64.6 Å². The molecule has 0 bridgehead atoms. The van der Waals surface area contributed by atoms with Crippen LogP contribution < -0.4 is 0 Å². The van der Waals surface area contributed by atoms with Gasteiger partial charge in [-0.05, 0) is 23.7 Å². The summed E-state index contributed by atoms with van der Waals surface area (Å²) in [7, 11) is -0.715. The predicted octanol–water partition coefficient (Wildman–Crippen LogP) is 4.21. The zero-order valence-corrected chi connectivity index (χ0v) is 19.0. The molecule has 1 aliphatic rings. The highest BCUT2D eigenvalue weighted by Gasteiger charge is 2.50. The summed E-state index contributed by atoms with van der Waals surface area (Å²) in [5, 5.41) is 0.0364. The van der Waals surface area contributed by atoms with Crippen LogP contribution >= 0.6 is 0 Å². The summed E-state index contributed by atoms with van der Waals surface area (Å²) < 4.78 is 17.0. The van der Waals surface area contributed by atoms with E-state index in [1.807, 2.05) is 37.3 Å². The molecule has 0 unspecified atom stereocenters. The number of ether oxygens (including phenoxy) is 2. The van der Waals surface area contributed by atoms with Crippen molar-refractivity contribution in [1.82, 2.24) is 4.90 Å². The Balaban J connectivity index is 2.14. The molecule has 1 aliphatic heterocycles. The van der Waals surface area contributed by atoms with Gasteiger partial charge in [-0.15, -0.1) is 0 Å². The maximum Gasteiger partial charge on any atom is 0.410 e. The van der Waals surface area contributed by atoms with Gasteiger partial charge in [-0.1, -0.05) is 58.0 Å². The van der Waals surface area contributed by atoms with Crippen LogP contribution in [0.5, 0.6) is 0 Å². The summed E-state index contributed by atoms with van der Waals surface area (Å²) in [5.74, 6) is -0.614. The van der Waals surface area contributed by atoms with Gasteiger partial charge in [0.05, 0.1) is 19.8 Å². The second kappa shape index (κ2) is 8.65. The van der Waals surface area contributed by atoms with E-state index in [1.165, 1.54) is 12.0 Å². The van der Waals surface area contributed by atoms with E-state index >= 15 is 0 Å². The first-order chi connectivity index (χ1) is 13.0. The Hall–Kier alpha value is -1.86. The summed E-state index contributed by atoms with van der Waals surface area (Å²) in [6, 6.07) is 8.76. The molecule has 1 fully saturated rings. The quantitative estimate of drug-likeness (QED) is 0.540. The number of benzene rings is 1. The number of methoxy groups -OCH3 is 1. The SMILES string of the molecule is COC(=O)[C@@H]1[C@@H](C)[C@@H](O[Si](C)(C)C(C)(C)C)CN1C(=O)OCc1ccccc1. The van der Waals surface area contributed by atoms with E-state index in [2.05, 4.69) is 33.9 Å². The first kappa shape index (κ1) is 22.4. The van der Waals surface area contributed by atoms with Gasteiger partial charge in [0.1, 0.15) is 12.6 Å². The first-order valence-electron chi connectivity index (χ1n) is 9.71. The molecule has 1 saturated heterocycles. The van der Waals surface area contributed by atoms with Crippen molar-refractivity contribution in [3.8, 4) is 0 Å². The van der Waals surface area contributed by atoms with Crippen molar-refractivity contribution in [2.24, 2.45) is 5.92 Å². The van der Waals surface area contributed by atoms with Gasteiger partial charge in [0, 0.05) is 5.92 Å². The molecule has 7 heteroatoms. The van der Waals surface area contributed by atoms with E-state index in [-0.39, 0.29) is 23.7 Å². The fourth-order valence-corrected chi connectivity index (χ4v) is 4.51. The summed E-state index contributed by atoms with van der Waals surface area (Å²) in [4.78, 5) is 26.6. The number of carbonyl (C=O) groups excluding carboxylic acids is 2. The third-order valence-electron chi connectivity index (χ3n) is 5.93. The van der Waals surface area contributed by atoms with Crippen LogP contribution in [0.3, 0.4) is 0 Å². The molecule has 0 aliphatic carbocycles. The van der Waals surface area contributed by atoms with E-state index in [1.54, 1.807) is 0 Å². The van der Waals surface area contributed by atoms with Crippen LogP contribution in [-0.2, 0) is 25.3 Å². The lowest BCUT2D eigenvalue weighted by molar-refractivity contribution is -0.146. The zero-order valence-electron chi connectivity index (χ0n) is 18.0. The number of rotatable bonds is 5. The normalized spacial score (nSPS) is 22.8. The summed E-state index contributed by atoms with van der Waals surface area (Å²) in [6.07, 6.45) is -0.748. The van der Waals surface area contributed by atoms with Gasteiger partial charge >= 0.3 is 12.1 Å². The molecule has 2 rings (SSSR count). The maximum atomic E-state index is 12.8. The average Bonchev–Trinajstić information content (AvgIpc) is 2.95. The van der Waals surface area contributed by atoms with Gasteiger partial charge < -0.3 is 13.9 Å². The highest BCUT2D eigenvalue weighted by atomic mass is 28.4. The minimum atomic E-state index is -2.05. The van der Waals surface area contributed by atoms with Gasteiger partial charge in [0.15, 0.2) is 8.32 Å². The molecule has 1 aromatic carbocycles. The van der Waals surface area contributed by atoms with Crippen LogP contribution in [0, 0.1) is 5.92 Å². The van der Waals surface area contributed by atoms with Crippen LogP contribution in [0.25, 0.3) is 0 Å². The molecule has 6 nitrogen and oxygen atoms in total. The molecule has 1 amide bonds. The molecule has 1 aromatic rings. The van der Waals surface area contributed by atoms with E-state index in [9.17, 15) is 9.59 Å². The maximum absolute atomic E-state index is 12.8. The van der Waals surface area contributed by atoms with Gasteiger partial charge in [0.2, 0.25) is 0 Å². The molecule has 3 atom stereocenters. The first-order valence-corrected chi connectivity index (χ1v) is 12.6. The second-order valence-corrected chi connectivity index (χ2v) is 13.7. The molecular weight excluding hydrogens is 374 g/mol. The molecule has 0 radical (unpaired) electrons. The van der Waals surface area contributed by atoms with Crippen LogP contribution in [0.1, 0.15) is 33.3 Å². The third kappa shape index (κ3) is 4.94. The number of nitrogens with zero attached hydrogens (tertiary/aromatic N) is 1. The summed E-state index contributed by atoms with van der Waals surface area (Å²) >= 11 is 0. The van der Waals surface area contributed by atoms with Crippen LogP contribution in [-0.4, -0.2) is 51.1 Å². The lowest BCUT2D eigenvalue weighted by Gasteiger charge is -2.39. The Labute approximate surface area is 169 Å². The predicted molar refractivity (Wildman–Crippen MR) is 110 cm³/mol. The molecule has 0 aromatic heterocycles. The highest BCUT2D eigenvalue weighted by Crippen LogP contribution is 2.40. The minimum Gasteiger partial charge on any atom is -0.467 e. The Bertz CT molecular complexity index is 686. The number of carbonyl (C=O) groups is 2. The van der Waals surface area contributed by atoms with Crippen LogP contribution in [0.4, 0.5) is 4.79 Å². The second-order valence-electron chi connectivity index (χ2n) is 8.94. The molecular formula is C21H33NO5Si. The highest BCUT2D eigenvalue weighted by molar-refractivity contribution is 6.74. The molecule has 0 saturated carbocycles. The summed E-state index contributed by atoms with van der Waals surface area (Å²) in [6.45, 7) is 13.3. The van der Waals surface area contributed by atoms with Crippen molar-refractivity contribution >= 4 is 20.4 Å². The minimum absolute atomic E-state index is 0.0364. The average molecular weight is 408 g/mol. The largest absolute Gasteiger partial charge is 0.467 e. The van der Waals surface area contributed by atoms with Crippen molar-refractivity contribution in [3.63, 3.8) is 0 Å². The van der Waals surface area contributed by atoms with E-state index in [0.717, 1.165) is 5.56 Å².